The molecule has 3 rings (SSSR count). The molecule has 0 atom stereocenters. The standard InChI is InChI=1S/C12H11N3O/c1-3-9-7-14-15-12(9)11(5-1)13-8-10-4-2-6-16-10/h1-7,13H,8H2,(H,14,15). The maximum absolute atomic E-state index is 5.26. The van der Waals surface area contributed by atoms with E-state index in [0.717, 1.165) is 22.4 Å². The average molecular weight is 213 g/mol. The number of furan rings is 1. The van der Waals surface area contributed by atoms with Crippen molar-refractivity contribution in [3.63, 3.8) is 0 Å². The van der Waals surface area contributed by atoms with Crippen molar-refractivity contribution in [2.75, 3.05) is 5.32 Å². The molecule has 1 aromatic carbocycles. The van der Waals surface area contributed by atoms with Crippen molar-refractivity contribution in [1.82, 2.24) is 10.2 Å². The Kier molecular flexibility index (Phi) is 2.11. The van der Waals surface area contributed by atoms with E-state index in [0.29, 0.717) is 6.54 Å². The van der Waals surface area contributed by atoms with Gasteiger partial charge in [0.25, 0.3) is 0 Å². The van der Waals surface area contributed by atoms with Gasteiger partial charge in [0, 0.05) is 5.39 Å². The van der Waals surface area contributed by atoms with Gasteiger partial charge in [-0.05, 0) is 18.2 Å². The summed E-state index contributed by atoms with van der Waals surface area (Å²) in [5.41, 5.74) is 2.06. The first-order valence-electron chi connectivity index (χ1n) is 5.12. The van der Waals surface area contributed by atoms with Crippen LogP contribution in [0.15, 0.2) is 47.2 Å². The molecule has 4 heteroatoms. The van der Waals surface area contributed by atoms with Crippen molar-refractivity contribution < 1.29 is 4.42 Å². The molecule has 0 bridgehead atoms. The van der Waals surface area contributed by atoms with Crippen molar-refractivity contribution in [2.45, 2.75) is 6.54 Å². The van der Waals surface area contributed by atoms with Crippen molar-refractivity contribution in [1.29, 1.82) is 0 Å². The summed E-state index contributed by atoms with van der Waals surface area (Å²) in [6.45, 7) is 0.672. The molecule has 0 aliphatic carbocycles. The smallest absolute Gasteiger partial charge is 0.122 e. The second-order valence-electron chi connectivity index (χ2n) is 3.57. The Labute approximate surface area is 92.3 Å². The van der Waals surface area contributed by atoms with Gasteiger partial charge in [-0.3, -0.25) is 5.10 Å². The molecule has 80 valence electrons. The Morgan fingerprint density at radius 3 is 3.12 bits per heavy atom. The lowest BCUT2D eigenvalue weighted by Crippen LogP contribution is -1.98. The lowest BCUT2D eigenvalue weighted by Gasteiger charge is -2.04. The third-order valence-electron chi connectivity index (χ3n) is 2.51. The predicted octanol–water partition coefficient (Wildman–Crippen LogP) is 2.77. The first-order valence-corrected chi connectivity index (χ1v) is 5.12. The summed E-state index contributed by atoms with van der Waals surface area (Å²) in [7, 11) is 0. The molecule has 0 amide bonds. The minimum absolute atomic E-state index is 0.672. The van der Waals surface area contributed by atoms with Crippen molar-refractivity contribution >= 4 is 16.6 Å². The number of nitrogens with zero attached hydrogens (tertiary/aromatic N) is 1. The fourth-order valence-electron chi connectivity index (χ4n) is 1.71. The zero-order valence-corrected chi connectivity index (χ0v) is 8.60. The lowest BCUT2D eigenvalue weighted by molar-refractivity contribution is 0.518. The largest absolute Gasteiger partial charge is 0.467 e. The highest BCUT2D eigenvalue weighted by Crippen LogP contribution is 2.20. The van der Waals surface area contributed by atoms with E-state index in [-0.39, 0.29) is 0 Å². The number of H-pyrrole nitrogens is 1. The molecule has 0 fully saturated rings. The Morgan fingerprint density at radius 1 is 1.25 bits per heavy atom. The van der Waals surface area contributed by atoms with Gasteiger partial charge in [0.1, 0.15) is 5.76 Å². The van der Waals surface area contributed by atoms with E-state index < -0.39 is 0 Å². The first-order chi connectivity index (χ1) is 7.93. The highest BCUT2D eigenvalue weighted by Gasteiger charge is 2.02. The average Bonchev–Trinajstić information content (AvgIpc) is 2.97. The summed E-state index contributed by atoms with van der Waals surface area (Å²) in [4.78, 5) is 0. The van der Waals surface area contributed by atoms with Gasteiger partial charge in [-0.15, -0.1) is 0 Å². The second-order valence-corrected chi connectivity index (χ2v) is 3.57. The van der Waals surface area contributed by atoms with E-state index in [1.54, 1.807) is 6.26 Å². The van der Waals surface area contributed by atoms with Gasteiger partial charge in [-0.25, -0.2) is 0 Å². The molecule has 2 heterocycles. The van der Waals surface area contributed by atoms with Gasteiger partial charge in [0.15, 0.2) is 0 Å². The van der Waals surface area contributed by atoms with E-state index in [1.165, 1.54) is 0 Å². The fraction of sp³-hybridized carbons (Fsp3) is 0.0833. The van der Waals surface area contributed by atoms with Crippen LogP contribution in [0.2, 0.25) is 0 Å². The van der Waals surface area contributed by atoms with Crippen LogP contribution < -0.4 is 5.32 Å². The van der Waals surface area contributed by atoms with Gasteiger partial charge >= 0.3 is 0 Å². The number of fused-ring (bicyclic) bond motifs is 1. The van der Waals surface area contributed by atoms with Gasteiger partial charge in [-0.2, -0.15) is 5.10 Å². The topological polar surface area (TPSA) is 53.9 Å². The van der Waals surface area contributed by atoms with Crippen LogP contribution in [-0.2, 0) is 6.54 Å². The van der Waals surface area contributed by atoms with Gasteiger partial charge < -0.3 is 9.73 Å². The first kappa shape index (κ1) is 9.03. The molecule has 0 aliphatic rings. The number of aromatic amines is 1. The number of benzene rings is 1. The fourth-order valence-corrected chi connectivity index (χ4v) is 1.71. The van der Waals surface area contributed by atoms with Crippen LogP contribution in [0.3, 0.4) is 0 Å². The molecule has 4 nitrogen and oxygen atoms in total. The molecule has 0 radical (unpaired) electrons. The minimum Gasteiger partial charge on any atom is -0.467 e. The summed E-state index contributed by atoms with van der Waals surface area (Å²) < 4.78 is 5.26. The van der Waals surface area contributed by atoms with Crippen LogP contribution in [-0.4, -0.2) is 10.2 Å². The molecule has 0 saturated heterocycles. The number of rotatable bonds is 3. The molecule has 2 N–H and O–H groups in total. The number of para-hydroxylation sites is 1. The second kappa shape index (κ2) is 3.73. The maximum atomic E-state index is 5.26. The number of hydrogen-bond donors (Lipinski definition) is 2. The number of nitrogens with one attached hydrogen (secondary N) is 2. The third-order valence-corrected chi connectivity index (χ3v) is 2.51. The van der Waals surface area contributed by atoms with Crippen molar-refractivity contribution in [3.8, 4) is 0 Å². The molecular formula is C12H11N3O. The Hall–Kier alpha value is -2.23. The molecule has 2 aromatic heterocycles. The van der Waals surface area contributed by atoms with E-state index in [9.17, 15) is 0 Å². The molecule has 0 saturated carbocycles. The quantitative estimate of drug-likeness (QED) is 0.703. The van der Waals surface area contributed by atoms with E-state index in [2.05, 4.69) is 15.5 Å². The Morgan fingerprint density at radius 2 is 2.25 bits per heavy atom. The summed E-state index contributed by atoms with van der Waals surface area (Å²) in [5, 5.41) is 11.4. The normalized spacial score (nSPS) is 10.8. The van der Waals surface area contributed by atoms with Crippen LogP contribution in [0.1, 0.15) is 5.76 Å². The highest BCUT2D eigenvalue weighted by molar-refractivity contribution is 5.89. The highest BCUT2D eigenvalue weighted by atomic mass is 16.3. The molecule has 0 unspecified atom stereocenters. The van der Waals surface area contributed by atoms with Crippen molar-refractivity contribution in [3.05, 3.63) is 48.6 Å². The molecule has 0 aliphatic heterocycles. The Bertz CT molecular complexity index is 583. The van der Waals surface area contributed by atoms with Gasteiger partial charge in [0.05, 0.1) is 30.2 Å². The third kappa shape index (κ3) is 1.54. The van der Waals surface area contributed by atoms with Crippen molar-refractivity contribution in [2.24, 2.45) is 0 Å². The number of anilines is 1. The summed E-state index contributed by atoms with van der Waals surface area (Å²) in [6.07, 6.45) is 3.49. The van der Waals surface area contributed by atoms with Crippen LogP contribution in [0.4, 0.5) is 5.69 Å². The van der Waals surface area contributed by atoms with Gasteiger partial charge in [-0.1, -0.05) is 12.1 Å². The minimum atomic E-state index is 0.672. The van der Waals surface area contributed by atoms with E-state index in [1.807, 2.05) is 36.5 Å². The molecule has 0 spiro atoms. The lowest BCUT2D eigenvalue weighted by atomic mass is 10.2. The monoisotopic (exact) mass is 213 g/mol. The predicted molar refractivity (Wildman–Crippen MR) is 62.1 cm³/mol. The molecule has 16 heavy (non-hydrogen) atoms. The number of hydrogen-bond acceptors (Lipinski definition) is 3. The molecular weight excluding hydrogens is 202 g/mol. The SMILES string of the molecule is c1coc(CNc2cccc3cn[nH]c23)c1. The van der Waals surface area contributed by atoms with Crippen LogP contribution in [0.25, 0.3) is 10.9 Å². The summed E-state index contributed by atoms with van der Waals surface area (Å²) in [5.74, 6) is 0.913. The van der Waals surface area contributed by atoms with E-state index in [4.69, 9.17) is 4.42 Å². The van der Waals surface area contributed by atoms with Crippen LogP contribution in [0, 0.1) is 0 Å². The summed E-state index contributed by atoms with van der Waals surface area (Å²) in [6, 6.07) is 9.87. The van der Waals surface area contributed by atoms with Crippen LogP contribution in [0.5, 0.6) is 0 Å². The zero-order valence-electron chi connectivity index (χ0n) is 8.60. The molecule has 3 aromatic rings. The van der Waals surface area contributed by atoms with Crippen LogP contribution >= 0.6 is 0 Å². The Balaban J connectivity index is 1.86. The maximum Gasteiger partial charge on any atom is 0.122 e. The van der Waals surface area contributed by atoms with Gasteiger partial charge in [0.2, 0.25) is 0 Å². The zero-order chi connectivity index (χ0) is 10.8. The number of aromatic nitrogens is 2. The summed E-state index contributed by atoms with van der Waals surface area (Å²) >= 11 is 0. The van der Waals surface area contributed by atoms with E-state index >= 15 is 0 Å².